The Morgan fingerprint density at radius 3 is 2.00 bits per heavy atom. The molecule has 1 saturated heterocycles. The minimum Gasteiger partial charge on any atom is -0.369 e. The molecule has 0 unspecified atom stereocenters. The molecular weight excluding hydrogens is 511 g/mol. The number of nitrogens with one attached hydrogen (secondary N) is 1. The Morgan fingerprint density at radius 2 is 1.42 bits per heavy atom. The fraction of sp³-hybridized carbons (Fsp3) is 0.367. The van der Waals surface area contributed by atoms with Crippen molar-refractivity contribution in [1.82, 2.24) is 10.2 Å². The molecule has 1 fully saturated rings. The predicted octanol–water partition coefficient (Wildman–Crippen LogP) is 6.28. The summed E-state index contributed by atoms with van der Waals surface area (Å²) in [6.45, 7) is 3.27. The number of fused-ring (bicyclic) bond motifs is 3. The van der Waals surface area contributed by atoms with Gasteiger partial charge in [-0.15, -0.1) is 0 Å². The number of rotatable bonds is 8. The van der Waals surface area contributed by atoms with Crippen LogP contribution in [0.3, 0.4) is 0 Å². The van der Waals surface area contributed by atoms with Crippen LogP contribution in [0.1, 0.15) is 30.4 Å². The second-order valence-corrected chi connectivity index (χ2v) is 10.5. The third-order valence-electron chi connectivity index (χ3n) is 7.74. The molecule has 1 heterocycles. The number of carbonyl (C=O) groups is 1. The van der Waals surface area contributed by atoms with E-state index in [1.54, 1.807) is 0 Å². The van der Waals surface area contributed by atoms with E-state index in [1.807, 2.05) is 72.8 Å². The minimum absolute atomic E-state index is 0.454. The minimum atomic E-state index is -4.47. The Bertz CT molecular complexity index is 1220. The van der Waals surface area contributed by atoms with Crippen molar-refractivity contribution in [3.63, 3.8) is 0 Å². The van der Waals surface area contributed by atoms with Crippen LogP contribution in [0.15, 0.2) is 72.8 Å². The van der Waals surface area contributed by atoms with Gasteiger partial charge in [0.2, 0.25) is 5.91 Å². The van der Waals surface area contributed by atoms with Crippen LogP contribution in [0.5, 0.6) is 0 Å². The first-order valence-corrected chi connectivity index (χ1v) is 13.4. The molecule has 1 amide bonds. The number of benzene rings is 3. The number of piperazine rings is 1. The number of unbranched alkanes of at least 4 members (excludes halogenated alkanes) is 1. The van der Waals surface area contributed by atoms with Gasteiger partial charge in [0.05, 0.1) is 0 Å². The second-order valence-electron chi connectivity index (χ2n) is 10.1. The van der Waals surface area contributed by atoms with Crippen LogP contribution in [-0.2, 0) is 10.2 Å². The molecule has 0 bridgehead atoms. The van der Waals surface area contributed by atoms with Gasteiger partial charge in [0.15, 0.2) is 0 Å². The summed E-state index contributed by atoms with van der Waals surface area (Å²) >= 11 is 6.01. The van der Waals surface area contributed by atoms with E-state index >= 15 is 0 Å². The third kappa shape index (κ3) is 5.40. The summed E-state index contributed by atoms with van der Waals surface area (Å²) in [5, 5.41) is 2.94. The Balaban J connectivity index is 1.26. The first-order chi connectivity index (χ1) is 18.3. The molecule has 2 aliphatic rings. The van der Waals surface area contributed by atoms with Gasteiger partial charge in [-0.3, -0.25) is 9.69 Å². The average Bonchev–Trinajstić information content (AvgIpc) is 3.21. The molecule has 0 spiro atoms. The van der Waals surface area contributed by atoms with E-state index in [4.69, 9.17) is 11.6 Å². The number of hydrogen-bond donors (Lipinski definition) is 1. The lowest BCUT2D eigenvalue weighted by Gasteiger charge is -2.36. The summed E-state index contributed by atoms with van der Waals surface area (Å²) in [7, 11) is 0. The highest BCUT2D eigenvalue weighted by atomic mass is 35.5. The molecule has 200 valence electrons. The molecule has 1 aliphatic carbocycles. The Morgan fingerprint density at radius 1 is 0.842 bits per heavy atom. The zero-order valence-corrected chi connectivity index (χ0v) is 21.9. The topological polar surface area (TPSA) is 35.6 Å². The lowest BCUT2D eigenvalue weighted by atomic mass is 9.73. The van der Waals surface area contributed by atoms with Crippen LogP contribution in [0.4, 0.5) is 18.9 Å². The van der Waals surface area contributed by atoms with Gasteiger partial charge < -0.3 is 10.2 Å². The molecule has 0 aromatic heterocycles. The summed E-state index contributed by atoms with van der Waals surface area (Å²) in [4.78, 5) is 18.4. The van der Waals surface area contributed by atoms with Crippen molar-refractivity contribution in [2.45, 2.75) is 30.9 Å². The maximum absolute atomic E-state index is 13.6. The number of anilines is 1. The first kappa shape index (κ1) is 26.6. The van der Waals surface area contributed by atoms with Crippen molar-refractivity contribution in [1.29, 1.82) is 0 Å². The van der Waals surface area contributed by atoms with Crippen molar-refractivity contribution >= 4 is 23.2 Å². The Hall–Kier alpha value is -3.03. The van der Waals surface area contributed by atoms with Gasteiger partial charge in [-0.25, -0.2) is 0 Å². The quantitative estimate of drug-likeness (QED) is 0.341. The van der Waals surface area contributed by atoms with Gasteiger partial charge in [-0.1, -0.05) is 66.6 Å². The van der Waals surface area contributed by atoms with E-state index in [1.165, 1.54) is 5.69 Å². The van der Waals surface area contributed by atoms with E-state index in [-0.39, 0.29) is 0 Å². The SMILES string of the molecule is O=C(NCC(F)(F)F)C1(CCCCN2CCN(c3ccc(Cl)cc3)CC2)c2ccccc2-c2ccccc21. The second kappa shape index (κ2) is 11.0. The maximum atomic E-state index is 13.6. The average molecular weight is 542 g/mol. The molecular formula is C30H31ClF3N3O. The normalized spacial score (nSPS) is 16.7. The highest BCUT2D eigenvalue weighted by Crippen LogP contribution is 2.51. The van der Waals surface area contributed by atoms with Gasteiger partial charge in [0.25, 0.3) is 0 Å². The van der Waals surface area contributed by atoms with Crippen LogP contribution >= 0.6 is 11.6 Å². The number of alkyl halides is 3. The lowest BCUT2D eigenvalue weighted by molar-refractivity contribution is -0.141. The molecule has 3 aromatic carbocycles. The maximum Gasteiger partial charge on any atom is 0.405 e. The fourth-order valence-electron chi connectivity index (χ4n) is 5.89. The largest absolute Gasteiger partial charge is 0.405 e. The molecule has 4 nitrogen and oxygen atoms in total. The van der Waals surface area contributed by atoms with Crippen LogP contribution in [0, 0.1) is 0 Å². The van der Waals surface area contributed by atoms with Crippen LogP contribution < -0.4 is 10.2 Å². The summed E-state index contributed by atoms with van der Waals surface area (Å²) in [5.74, 6) is -0.580. The fourth-order valence-corrected chi connectivity index (χ4v) is 6.02. The van der Waals surface area contributed by atoms with E-state index in [0.717, 1.165) is 72.8 Å². The number of amides is 1. The van der Waals surface area contributed by atoms with E-state index in [0.29, 0.717) is 6.42 Å². The summed E-state index contributed by atoms with van der Waals surface area (Å²) < 4.78 is 39.2. The van der Waals surface area contributed by atoms with Crippen LogP contribution in [-0.4, -0.2) is 56.3 Å². The van der Waals surface area contributed by atoms with Gasteiger partial charge in [-0.05, 0) is 65.9 Å². The number of carbonyl (C=O) groups excluding carboxylic acids is 1. The Kier molecular flexibility index (Phi) is 7.68. The lowest BCUT2D eigenvalue weighted by Crippen LogP contribution is -2.47. The summed E-state index contributed by atoms with van der Waals surface area (Å²) in [5.41, 5.74) is 3.45. The smallest absolute Gasteiger partial charge is 0.369 e. The van der Waals surface area contributed by atoms with E-state index in [2.05, 4.69) is 15.1 Å². The zero-order valence-electron chi connectivity index (χ0n) is 21.1. The molecule has 0 radical (unpaired) electrons. The molecule has 3 aromatic rings. The van der Waals surface area contributed by atoms with Crippen molar-refractivity contribution in [3.05, 3.63) is 88.9 Å². The van der Waals surface area contributed by atoms with Gasteiger partial charge >= 0.3 is 6.18 Å². The number of halogens is 4. The predicted molar refractivity (Wildman–Crippen MR) is 146 cm³/mol. The first-order valence-electron chi connectivity index (χ1n) is 13.1. The molecule has 38 heavy (non-hydrogen) atoms. The van der Waals surface area contributed by atoms with Gasteiger partial charge in [0.1, 0.15) is 12.0 Å². The van der Waals surface area contributed by atoms with Crippen molar-refractivity contribution in [3.8, 4) is 11.1 Å². The molecule has 1 N–H and O–H groups in total. The zero-order chi connectivity index (χ0) is 26.8. The monoisotopic (exact) mass is 541 g/mol. The van der Waals surface area contributed by atoms with Crippen molar-refractivity contribution < 1.29 is 18.0 Å². The van der Waals surface area contributed by atoms with E-state index < -0.39 is 24.0 Å². The highest BCUT2D eigenvalue weighted by molar-refractivity contribution is 6.30. The molecule has 8 heteroatoms. The third-order valence-corrected chi connectivity index (χ3v) is 7.99. The molecule has 1 aliphatic heterocycles. The summed E-state index contributed by atoms with van der Waals surface area (Å²) in [6, 6.07) is 23.1. The number of hydrogen-bond acceptors (Lipinski definition) is 3. The molecule has 5 rings (SSSR count). The Labute approximate surface area is 226 Å². The van der Waals surface area contributed by atoms with Gasteiger partial charge in [0, 0.05) is 36.9 Å². The van der Waals surface area contributed by atoms with E-state index in [9.17, 15) is 18.0 Å². The van der Waals surface area contributed by atoms with Crippen molar-refractivity contribution in [2.24, 2.45) is 0 Å². The molecule has 0 atom stereocenters. The number of nitrogens with zero attached hydrogens (tertiary/aromatic N) is 2. The van der Waals surface area contributed by atoms with Gasteiger partial charge in [-0.2, -0.15) is 13.2 Å². The standard InChI is InChI=1S/C30H31ClF3N3O/c31-22-11-13-23(14-12-22)37-19-17-36(18-20-37)16-6-5-15-29(28(38)35-21-30(32,33)34)26-9-3-1-7-24(26)25-8-2-4-10-27(25)29/h1-4,7-14H,5-6,15-21H2,(H,35,38). The summed E-state index contributed by atoms with van der Waals surface area (Å²) in [6.07, 6.45) is -2.43. The highest BCUT2D eigenvalue weighted by Gasteiger charge is 2.49. The molecule has 0 saturated carbocycles. The van der Waals surface area contributed by atoms with Crippen molar-refractivity contribution in [2.75, 3.05) is 44.2 Å². The van der Waals surface area contributed by atoms with Crippen LogP contribution in [0.2, 0.25) is 5.02 Å². The van der Waals surface area contributed by atoms with Crippen LogP contribution in [0.25, 0.3) is 11.1 Å².